The van der Waals surface area contributed by atoms with E-state index in [0.29, 0.717) is 5.41 Å². The minimum absolute atomic E-state index is 0.426. The van der Waals surface area contributed by atoms with Gasteiger partial charge in [-0.1, -0.05) is 52.0 Å². The van der Waals surface area contributed by atoms with E-state index in [1.807, 2.05) is 0 Å². The Bertz CT molecular complexity index is 350. The van der Waals surface area contributed by atoms with Crippen LogP contribution in [-0.4, -0.2) is 10.9 Å². The highest BCUT2D eigenvalue weighted by molar-refractivity contribution is 5.30. The molecule has 0 bridgehead atoms. The Morgan fingerprint density at radius 2 is 1.65 bits per heavy atom. The van der Waals surface area contributed by atoms with E-state index in [2.05, 4.69) is 56.9 Å². The van der Waals surface area contributed by atoms with Crippen molar-refractivity contribution in [3.8, 4) is 0 Å². The predicted octanol–water partition coefficient (Wildman–Crippen LogP) is 4.22. The highest BCUT2D eigenvalue weighted by atomic mass is 15.2. The highest BCUT2D eigenvalue weighted by Crippen LogP contribution is 2.31. The van der Waals surface area contributed by atoms with Crippen molar-refractivity contribution < 1.29 is 0 Å². The third-order valence-electron chi connectivity index (χ3n) is 3.70. The van der Waals surface area contributed by atoms with E-state index in [1.165, 1.54) is 24.0 Å². The van der Waals surface area contributed by atoms with Gasteiger partial charge >= 0.3 is 0 Å². The first-order valence-corrected chi connectivity index (χ1v) is 6.80. The fourth-order valence-electron chi connectivity index (χ4n) is 2.86. The monoisotopic (exact) mass is 231 g/mol. The van der Waals surface area contributed by atoms with Crippen LogP contribution in [0.15, 0.2) is 24.3 Å². The van der Waals surface area contributed by atoms with E-state index >= 15 is 0 Å². The van der Waals surface area contributed by atoms with Crippen LogP contribution in [0, 0.1) is 5.41 Å². The standard InChI is InChI=1S/C16H25N/c1-5-15(10-16(2,3)4)17-11-13-8-6-7-9-14(13)12-17/h6-9,15H,5,10-12H2,1-4H3. The Morgan fingerprint density at radius 1 is 1.12 bits per heavy atom. The lowest BCUT2D eigenvalue weighted by atomic mass is 9.86. The fourth-order valence-corrected chi connectivity index (χ4v) is 2.86. The Balaban J connectivity index is 2.05. The van der Waals surface area contributed by atoms with Crippen molar-refractivity contribution in [3.63, 3.8) is 0 Å². The molecular formula is C16H25N. The molecule has 0 spiro atoms. The first kappa shape index (κ1) is 12.6. The molecule has 1 atom stereocenters. The lowest BCUT2D eigenvalue weighted by molar-refractivity contribution is 0.143. The second-order valence-electron chi connectivity index (χ2n) is 6.50. The van der Waals surface area contributed by atoms with Gasteiger partial charge in [-0.15, -0.1) is 0 Å². The topological polar surface area (TPSA) is 3.24 Å². The lowest BCUT2D eigenvalue weighted by Gasteiger charge is -2.32. The molecule has 1 aliphatic heterocycles. The quantitative estimate of drug-likeness (QED) is 0.753. The Morgan fingerprint density at radius 3 is 2.06 bits per heavy atom. The van der Waals surface area contributed by atoms with Gasteiger partial charge in [-0.2, -0.15) is 0 Å². The smallest absolute Gasteiger partial charge is 0.0243 e. The summed E-state index contributed by atoms with van der Waals surface area (Å²) in [4.78, 5) is 2.65. The molecule has 1 unspecified atom stereocenters. The van der Waals surface area contributed by atoms with E-state index in [1.54, 1.807) is 0 Å². The van der Waals surface area contributed by atoms with Crippen LogP contribution in [0.1, 0.15) is 51.7 Å². The molecule has 1 heteroatoms. The fraction of sp³-hybridized carbons (Fsp3) is 0.625. The van der Waals surface area contributed by atoms with Crippen LogP contribution in [0.2, 0.25) is 0 Å². The van der Waals surface area contributed by atoms with Gasteiger partial charge in [-0.25, -0.2) is 0 Å². The van der Waals surface area contributed by atoms with Crippen molar-refractivity contribution in [2.45, 2.75) is 59.7 Å². The van der Waals surface area contributed by atoms with Gasteiger partial charge in [0.15, 0.2) is 0 Å². The van der Waals surface area contributed by atoms with Crippen molar-refractivity contribution >= 4 is 0 Å². The van der Waals surface area contributed by atoms with Gasteiger partial charge in [0.05, 0.1) is 0 Å². The average molecular weight is 231 g/mol. The minimum Gasteiger partial charge on any atom is -0.292 e. The second kappa shape index (κ2) is 4.81. The first-order chi connectivity index (χ1) is 7.99. The summed E-state index contributed by atoms with van der Waals surface area (Å²) >= 11 is 0. The summed E-state index contributed by atoms with van der Waals surface area (Å²) in [5.74, 6) is 0. The molecule has 0 saturated carbocycles. The molecule has 0 saturated heterocycles. The number of nitrogens with zero attached hydrogens (tertiary/aromatic N) is 1. The maximum absolute atomic E-state index is 2.65. The first-order valence-electron chi connectivity index (χ1n) is 6.80. The summed E-state index contributed by atoms with van der Waals surface area (Å²) in [5.41, 5.74) is 3.48. The summed E-state index contributed by atoms with van der Waals surface area (Å²) in [6, 6.07) is 9.60. The largest absolute Gasteiger partial charge is 0.292 e. The molecule has 94 valence electrons. The van der Waals surface area contributed by atoms with Crippen LogP contribution >= 0.6 is 0 Å². The van der Waals surface area contributed by atoms with Gasteiger partial charge in [0.25, 0.3) is 0 Å². The average Bonchev–Trinajstić information content (AvgIpc) is 2.67. The van der Waals surface area contributed by atoms with Gasteiger partial charge in [0, 0.05) is 19.1 Å². The molecule has 1 heterocycles. The van der Waals surface area contributed by atoms with Gasteiger partial charge in [0.1, 0.15) is 0 Å². The molecule has 0 amide bonds. The molecule has 0 aromatic heterocycles. The molecule has 2 rings (SSSR count). The van der Waals surface area contributed by atoms with Crippen LogP contribution in [0.5, 0.6) is 0 Å². The molecule has 0 N–H and O–H groups in total. The summed E-state index contributed by atoms with van der Waals surface area (Å²) < 4.78 is 0. The zero-order valence-electron chi connectivity index (χ0n) is 11.7. The van der Waals surface area contributed by atoms with Crippen LogP contribution in [0.25, 0.3) is 0 Å². The van der Waals surface area contributed by atoms with E-state index in [-0.39, 0.29) is 0 Å². The molecule has 1 aromatic carbocycles. The molecule has 17 heavy (non-hydrogen) atoms. The predicted molar refractivity (Wildman–Crippen MR) is 73.8 cm³/mol. The summed E-state index contributed by atoms with van der Waals surface area (Å²) in [5, 5.41) is 0. The van der Waals surface area contributed by atoms with E-state index in [4.69, 9.17) is 0 Å². The van der Waals surface area contributed by atoms with Crippen LogP contribution in [0.4, 0.5) is 0 Å². The van der Waals surface area contributed by atoms with Crippen LogP contribution in [-0.2, 0) is 13.1 Å². The van der Waals surface area contributed by atoms with Gasteiger partial charge in [-0.05, 0) is 29.4 Å². The van der Waals surface area contributed by atoms with Crippen molar-refractivity contribution in [1.29, 1.82) is 0 Å². The van der Waals surface area contributed by atoms with E-state index in [0.717, 1.165) is 19.1 Å². The molecule has 1 nitrogen and oxygen atoms in total. The maximum atomic E-state index is 2.65. The molecule has 0 aliphatic carbocycles. The molecule has 1 aliphatic rings. The number of hydrogen-bond donors (Lipinski definition) is 0. The Labute approximate surface area is 106 Å². The van der Waals surface area contributed by atoms with Gasteiger partial charge in [0.2, 0.25) is 0 Å². The SMILES string of the molecule is CCC(CC(C)(C)C)N1Cc2ccccc2C1. The number of fused-ring (bicyclic) bond motifs is 1. The zero-order chi connectivity index (χ0) is 12.5. The van der Waals surface area contributed by atoms with Gasteiger partial charge in [-0.3, -0.25) is 4.90 Å². The Kier molecular flexibility index (Phi) is 3.58. The number of rotatable bonds is 3. The van der Waals surface area contributed by atoms with Crippen LogP contribution in [0.3, 0.4) is 0 Å². The minimum atomic E-state index is 0.426. The summed E-state index contributed by atoms with van der Waals surface area (Å²) in [6.07, 6.45) is 2.54. The van der Waals surface area contributed by atoms with Crippen molar-refractivity contribution in [2.75, 3.05) is 0 Å². The maximum Gasteiger partial charge on any atom is 0.0243 e. The summed E-state index contributed by atoms with van der Waals surface area (Å²) in [7, 11) is 0. The van der Waals surface area contributed by atoms with E-state index < -0.39 is 0 Å². The van der Waals surface area contributed by atoms with Gasteiger partial charge < -0.3 is 0 Å². The number of hydrogen-bond acceptors (Lipinski definition) is 1. The highest BCUT2D eigenvalue weighted by Gasteiger charge is 2.27. The van der Waals surface area contributed by atoms with Crippen molar-refractivity contribution in [2.24, 2.45) is 5.41 Å². The third kappa shape index (κ3) is 3.10. The third-order valence-corrected chi connectivity index (χ3v) is 3.70. The van der Waals surface area contributed by atoms with E-state index in [9.17, 15) is 0 Å². The zero-order valence-corrected chi connectivity index (χ0v) is 11.7. The number of benzene rings is 1. The summed E-state index contributed by atoms with van der Waals surface area (Å²) in [6.45, 7) is 11.6. The molecule has 0 fully saturated rings. The molecular weight excluding hydrogens is 206 g/mol. The molecule has 0 radical (unpaired) electrons. The Hall–Kier alpha value is -0.820. The molecule has 1 aromatic rings. The van der Waals surface area contributed by atoms with Crippen LogP contribution < -0.4 is 0 Å². The normalized spacial score (nSPS) is 18.1. The lowest BCUT2D eigenvalue weighted by Crippen LogP contribution is -2.33. The van der Waals surface area contributed by atoms with Crippen molar-refractivity contribution in [3.05, 3.63) is 35.4 Å². The van der Waals surface area contributed by atoms with Crippen molar-refractivity contribution in [1.82, 2.24) is 4.90 Å². The second-order valence-corrected chi connectivity index (χ2v) is 6.50.